The molecule has 0 aromatic heterocycles. The van der Waals surface area contributed by atoms with E-state index >= 15 is 0 Å². The molecule has 6 fully saturated rings. The summed E-state index contributed by atoms with van der Waals surface area (Å²) in [6.45, 7) is 1.18. The SMILES string of the molecule is CC1COC2(CC1OC(=O)C=Cc1ccccc1)OC1CC(C(=O)NC3OC(CO)C(OC4OC(CO)C(O)C(O)C4O)C(O)C3O)CCC1C21CO1. The molecule has 17 nitrogen and oxygen atoms in total. The lowest BCUT2D eigenvalue weighted by Gasteiger charge is -2.46. The maximum Gasteiger partial charge on any atom is 0.331 e. The smallest absolute Gasteiger partial charge is 0.331 e. The summed E-state index contributed by atoms with van der Waals surface area (Å²) in [5.41, 5.74) is 0.132. The Bertz CT molecular complexity index is 1470. The van der Waals surface area contributed by atoms with Crippen molar-refractivity contribution in [1.82, 2.24) is 5.32 Å². The molecule has 7 rings (SSSR count). The number of benzene rings is 1. The van der Waals surface area contributed by atoms with Crippen LogP contribution < -0.4 is 5.32 Å². The predicted octanol–water partition coefficient (Wildman–Crippen LogP) is -2.31. The first-order valence-corrected chi connectivity index (χ1v) is 18.2. The first-order chi connectivity index (χ1) is 25.4. The van der Waals surface area contributed by atoms with Crippen LogP contribution in [0.2, 0.25) is 0 Å². The number of carbonyl (C=O) groups excluding carboxylic acids is 2. The van der Waals surface area contributed by atoms with Gasteiger partial charge in [-0.15, -0.1) is 0 Å². The van der Waals surface area contributed by atoms with Crippen LogP contribution in [0.1, 0.15) is 38.2 Å². The van der Waals surface area contributed by atoms with Crippen molar-refractivity contribution in [3.63, 3.8) is 0 Å². The molecule has 5 saturated heterocycles. The normalized spacial score (nSPS) is 46.7. The van der Waals surface area contributed by atoms with Gasteiger partial charge in [-0.2, -0.15) is 0 Å². The van der Waals surface area contributed by atoms with Crippen LogP contribution in [0.4, 0.5) is 0 Å². The maximum absolute atomic E-state index is 13.6. The summed E-state index contributed by atoms with van der Waals surface area (Å²) in [4.78, 5) is 26.4. The van der Waals surface area contributed by atoms with Gasteiger partial charge in [-0.1, -0.05) is 37.3 Å². The van der Waals surface area contributed by atoms with E-state index in [2.05, 4.69) is 5.32 Å². The second kappa shape index (κ2) is 15.5. The fourth-order valence-corrected chi connectivity index (χ4v) is 8.49. The van der Waals surface area contributed by atoms with Gasteiger partial charge in [0.2, 0.25) is 11.7 Å². The molecular weight excluding hydrogens is 702 g/mol. The Morgan fingerprint density at radius 3 is 2.36 bits per heavy atom. The van der Waals surface area contributed by atoms with Crippen molar-refractivity contribution >= 4 is 18.0 Å². The molecule has 53 heavy (non-hydrogen) atoms. The second-order valence-electron chi connectivity index (χ2n) is 15.0. The molecule has 17 heteroatoms. The Morgan fingerprint density at radius 1 is 0.925 bits per heavy atom. The van der Waals surface area contributed by atoms with Crippen molar-refractivity contribution in [3.05, 3.63) is 42.0 Å². The molecule has 294 valence electrons. The molecule has 1 amide bonds. The number of carbonyl (C=O) groups is 2. The zero-order valence-electron chi connectivity index (χ0n) is 29.2. The number of amides is 1. The van der Waals surface area contributed by atoms with E-state index in [1.807, 2.05) is 37.3 Å². The molecule has 5 aliphatic heterocycles. The molecule has 17 atom stereocenters. The molecule has 5 heterocycles. The molecule has 2 spiro atoms. The summed E-state index contributed by atoms with van der Waals surface area (Å²) in [6, 6.07) is 9.41. The van der Waals surface area contributed by atoms with Crippen LogP contribution in [-0.4, -0.2) is 159 Å². The van der Waals surface area contributed by atoms with E-state index in [1.165, 1.54) is 6.08 Å². The lowest BCUT2D eigenvalue weighted by Crippen LogP contribution is -2.66. The third kappa shape index (κ3) is 7.28. The molecule has 1 saturated carbocycles. The molecule has 0 radical (unpaired) electrons. The van der Waals surface area contributed by atoms with Crippen LogP contribution in [-0.2, 0) is 42.7 Å². The molecular formula is C36H49NO16. The van der Waals surface area contributed by atoms with Gasteiger partial charge in [-0.05, 0) is 30.9 Å². The quantitative estimate of drug-likeness (QED) is 0.0749. The van der Waals surface area contributed by atoms with Gasteiger partial charge in [0.15, 0.2) is 18.1 Å². The zero-order chi connectivity index (χ0) is 37.7. The van der Waals surface area contributed by atoms with Crippen molar-refractivity contribution in [2.45, 2.75) is 118 Å². The van der Waals surface area contributed by atoms with Gasteiger partial charge in [-0.3, -0.25) is 4.79 Å². The molecule has 1 aromatic carbocycles. The standard InChI is InChI=1S/C36H49NO16/c1-17-15-47-36(12-22(17)49-25(40)10-7-18-5-3-2-4-6-18)35(16-48-35)20-9-8-19(11-21(20)53-36)32(46)37-33-29(44)28(43)31(24(14-39)50-33)52-34-30(45)27(42)26(41)23(13-38)51-34/h2-7,10,17,19-24,26-31,33-34,38-39,41-45H,8-9,11-16H2,1H3,(H,37,46). The van der Waals surface area contributed by atoms with E-state index in [9.17, 15) is 45.3 Å². The number of hydrogen-bond donors (Lipinski definition) is 8. The minimum atomic E-state index is -1.80. The number of nitrogens with one attached hydrogen (secondary N) is 1. The van der Waals surface area contributed by atoms with Crippen molar-refractivity contribution in [2.24, 2.45) is 17.8 Å². The zero-order valence-corrected chi connectivity index (χ0v) is 29.2. The summed E-state index contributed by atoms with van der Waals surface area (Å²) >= 11 is 0. The topological polar surface area (TPSA) is 256 Å². The fraction of sp³-hybridized carbons (Fsp3) is 0.722. The van der Waals surface area contributed by atoms with Crippen molar-refractivity contribution in [3.8, 4) is 0 Å². The van der Waals surface area contributed by atoms with Crippen molar-refractivity contribution in [2.75, 3.05) is 26.4 Å². The lowest BCUT2D eigenvalue weighted by atomic mass is 9.72. The maximum atomic E-state index is 13.6. The minimum Gasteiger partial charge on any atom is -0.459 e. The third-order valence-electron chi connectivity index (χ3n) is 11.7. The van der Waals surface area contributed by atoms with Gasteiger partial charge in [0.25, 0.3) is 0 Å². The summed E-state index contributed by atoms with van der Waals surface area (Å²) < 4.78 is 41.7. The highest BCUT2D eigenvalue weighted by Crippen LogP contribution is 2.62. The first-order valence-electron chi connectivity index (χ1n) is 18.2. The number of hydrogen-bond acceptors (Lipinski definition) is 16. The summed E-state index contributed by atoms with van der Waals surface area (Å²) in [6.07, 6.45) is -12.2. The number of aliphatic hydroxyl groups is 7. The van der Waals surface area contributed by atoms with Crippen molar-refractivity contribution in [1.29, 1.82) is 0 Å². The highest BCUT2D eigenvalue weighted by Gasteiger charge is 2.76. The van der Waals surface area contributed by atoms with Gasteiger partial charge in [0, 0.05) is 30.3 Å². The molecule has 1 aromatic rings. The second-order valence-corrected chi connectivity index (χ2v) is 15.0. The third-order valence-corrected chi connectivity index (χ3v) is 11.7. The average molecular weight is 752 g/mol. The van der Waals surface area contributed by atoms with Gasteiger partial charge < -0.3 is 74.2 Å². The van der Waals surface area contributed by atoms with Gasteiger partial charge >= 0.3 is 5.97 Å². The summed E-state index contributed by atoms with van der Waals surface area (Å²) in [5, 5.41) is 74.7. The monoisotopic (exact) mass is 751 g/mol. The van der Waals surface area contributed by atoms with Crippen molar-refractivity contribution < 1.29 is 78.5 Å². The van der Waals surface area contributed by atoms with Gasteiger partial charge in [-0.25, -0.2) is 4.79 Å². The molecule has 6 aliphatic rings. The summed E-state index contributed by atoms with van der Waals surface area (Å²) in [5.74, 6) is -2.87. The lowest BCUT2D eigenvalue weighted by molar-refractivity contribution is -0.343. The van der Waals surface area contributed by atoms with Crippen LogP contribution in [0.15, 0.2) is 36.4 Å². The van der Waals surface area contributed by atoms with Gasteiger partial charge in [0.05, 0.1) is 32.5 Å². The number of ether oxygens (including phenoxy) is 7. The van der Waals surface area contributed by atoms with E-state index in [1.54, 1.807) is 6.08 Å². The average Bonchev–Trinajstić information content (AvgIpc) is 3.93. The van der Waals surface area contributed by atoms with E-state index in [0.717, 1.165) is 5.56 Å². The largest absolute Gasteiger partial charge is 0.459 e. The van der Waals surface area contributed by atoms with E-state index in [0.29, 0.717) is 25.9 Å². The van der Waals surface area contributed by atoms with Crippen LogP contribution in [0, 0.1) is 17.8 Å². The Kier molecular flexibility index (Phi) is 11.3. The van der Waals surface area contributed by atoms with Crippen LogP contribution >= 0.6 is 0 Å². The Labute approximate surface area is 305 Å². The van der Waals surface area contributed by atoms with E-state index in [-0.39, 0.29) is 24.9 Å². The highest BCUT2D eigenvalue weighted by atomic mass is 16.8. The molecule has 8 N–H and O–H groups in total. The number of aliphatic hydroxyl groups excluding tert-OH is 7. The number of esters is 1. The molecule has 1 aliphatic carbocycles. The van der Waals surface area contributed by atoms with E-state index < -0.39 is 116 Å². The Balaban J connectivity index is 0.962. The first kappa shape index (κ1) is 38.6. The summed E-state index contributed by atoms with van der Waals surface area (Å²) in [7, 11) is 0. The predicted molar refractivity (Wildman–Crippen MR) is 177 cm³/mol. The highest BCUT2D eigenvalue weighted by molar-refractivity contribution is 5.87. The van der Waals surface area contributed by atoms with Crippen LogP contribution in [0.5, 0.6) is 0 Å². The fourth-order valence-electron chi connectivity index (χ4n) is 8.49. The Morgan fingerprint density at radius 2 is 1.66 bits per heavy atom. The van der Waals surface area contributed by atoms with Gasteiger partial charge in [0.1, 0.15) is 54.9 Å². The van der Waals surface area contributed by atoms with Crippen LogP contribution in [0.25, 0.3) is 6.08 Å². The number of fused-ring (bicyclic) bond motifs is 3. The Hall–Kier alpha value is -2.62. The number of rotatable bonds is 9. The van der Waals surface area contributed by atoms with Crippen LogP contribution in [0.3, 0.4) is 0 Å². The number of epoxide rings is 1. The molecule has 17 unspecified atom stereocenters. The molecule has 0 bridgehead atoms. The van der Waals surface area contributed by atoms with E-state index in [4.69, 9.17) is 33.2 Å². The minimum absolute atomic E-state index is 0.0771.